The fraction of sp³-hybridized carbons (Fsp3) is 0.562. The van der Waals surface area contributed by atoms with Crippen LogP contribution in [0.25, 0.3) is 10.9 Å². The smallest absolute Gasteiger partial charge is 0.0709 e. The first-order chi connectivity index (χ1) is 9.24. The van der Waals surface area contributed by atoms with Crippen LogP contribution in [0, 0.1) is 5.41 Å². The van der Waals surface area contributed by atoms with Crippen LogP contribution in [-0.2, 0) is 13.5 Å². The largest absolute Gasteiger partial charge is 0.268 e. The van der Waals surface area contributed by atoms with E-state index in [0.29, 0.717) is 5.41 Å². The number of hydrogen-bond donors (Lipinski definition) is 0. The minimum atomic E-state index is 0.426. The van der Waals surface area contributed by atoms with Gasteiger partial charge >= 0.3 is 0 Å². The molecule has 0 N–H and O–H groups in total. The fourth-order valence-corrected chi connectivity index (χ4v) is 4.19. The summed E-state index contributed by atoms with van der Waals surface area (Å²) in [6, 6.07) is 8.58. The number of hydrogen-bond acceptors (Lipinski definition) is 1. The van der Waals surface area contributed by atoms with Crippen LogP contribution in [-0.4, -0.2) is 15.1 Å². The number of benzene rings is 1. The molecule has 102 valence electrons. The van der Waals surface area contributed by atoms with E-state index in [9.17, 15) is 0 Å². The Morgan fingerprint density at radius 2 is 1.95 bits per heavy atom. The third kappa shape index (κ3) is 2.45. The lowest BCUT2D eigenvalue weighted by molar-refractivity contribution is 0.221. The highest BCUT2D eigenvalue weighted by molar-refractivity contribution is 9.09. The first kappa shape index (κ1) is 13.2. The fourth-order valence-electron chi connectivity index (χ4n) is 3.43. The molecular formula is C16H21BrN2. The molecule has 0 radical (unpaired) electrons. The van der Waals surface area contributed by atoms with Gasteiger partial charge in [-0.1, -0.05) is 53.4 Å². The van der Waals surface area contributed by atoms with Gasteiger partial charge in [-0.3, -0.25) is 4.68 Å². The second kappa shape index (κ2) is 5.28. The lowest BCUT2D eigenvalue weighted by Gasteiger charge is -2.35. The number of alkyl halides is 1. The van der Waals surface area contributed by atoms with E-state index < -0.39 is 0 Å². The number of aromatic nitrogens is 2. The van der Waals surface area contributed by atoms with Crippen LogP contribution in [0.5, 0.6) is 0 Å². The van der Waals surface area contributed by atoms with Gasteiger partial charge in [-0.25, -0.2) is 0 Å². The molecule has 0 unspecified atom stereocenters. The molecule has 1 saturated carbocycles. The molecule has 0 amide bonds. The molecule has 3 rings (SSSR count). The van der Waals surface area contributed by atoms with E-state index in [2.05, 4.69) is 40.2 Å². The van der Waals surface area contributed by atoms with E-state index in [-0.39, 0.29) is 0 Å². The number of para-hydroxylation sites is 1. The molecule has 0 aliphatic heterocycles. The number of rotatable bonds is 3. The van der Waals surface area contributed by atoms with Crippen molar-refractivity contribution in [3.8, 4) is 0 Å². The molecule has 1 aromatic heterocycles. The second-order valence-electron chi connectivity index (χ2n) is 5.96. The van der Waals surface area contributed by atoms with Crippen LogP contribution >= 0.6 is 15.9 Å². The minimum Gasteiger partial charge on any atom is -0.268 e. The Labute approximate surface area is 123 Å². The third-order valence-corrected chi connectivity index (χ3v) is 5.76. The van der Waals surface area contributed by atoms with Crippen molar-refractivity contribution in [1.29, 1.82) is 0 Å². The van der Waals surface area contributed by atoms with Gasteiger partial charge in [-0.15, -0.1) is 0 Å². The van der Waals surface area contributed by atoms with E-state index in [0.717, 1.165) is 11.8 Å². The maximum absolute atomic E-state index is 4.77. The van der Waals surface area contributed by atoms with Crippen LogP contribution in [0.2, 0.25) is 0 Å². The summed E-state index contributed by atoms with van der Waals surface area (Å²) in [6.07, 6.45) is 7.93. The van der Waals surface area contributed by atoms with Crippen molar-refractivity contribution in [1.82, 2.24) is 9.78 Å². The molecule has 19 heavy (non-hydrogen) atoms. The van der Waals surface area contributed by atoms with Gasteiger partial charge < -0.3 is 0 Å². The zero-order valence-electron chi connectivity index (χ0n) is 11.5. The predicted molar refractivity (Wildman–Crippen MR) is 83.7 cm³/mol. The summed E-state index contributed by atoms with van der Waals surface area (Å²) in [4.78, 5) is 0. The quantitative estimate of drug-likeness (QED) is 0.763. The topological polar surface area (TPSA) is 17.8 Å². The van der Waals surface area contributed by atoms with Crippen molar-refractivity contribution in [2.75, 3.05) is 5.33 Å². The van der Waals surface area contributed by atoms with Crippen LogP contribution in [0.4, 0.5) is 0 Å². The van der Waals surface area contributed by atoms with Crippen LogP contribution in [0.3, 0.4) is 0 Å². The third-order valence-electron chi connectivity index (χ3n) is 4.57. The normalized spacial score (nSPS) is 18.8. The van der Waals surface area contributed by atoms with Crippen molar-refractivity contribution in [3.05, 3.63) is 30.0 Å². The van der Waals surface area contributed by atoms with E-state index in [1.165, 1.54) is 48.7 Å². The molecule has 0 saturated heterocycles. The summed E-state index contributed by atoms with van der Waals surface area (Å²) in [5.41, 5.74) is 2.95. The zero-order valence-corrected chi connectivity index (χ0v) is 13.1. The highest BCUT2D eigenvalue weighted by Crippen LogP contribution is 2.41. The van der Waals surface area contributed by atoms with Crippen LogP contribution in [0.1, 0.15) is 37.8 Å². The van der Waals surface area contributed by atoms with Gasteiger partial charge in [0.05, 0.1) is 11.2 Å². The molecule has 0 bridgehead atoms. The molecule has 0 spiro atoms. The first-order valence-corrected chi connectivity index (χ1v) is 8.33. The molecule has 0 atom stereocenters. The van der Waals surface area contributed by atoms with E-state index in [1.54, 1.807) is 0 Å². The van der Waals surface area contributed by atoms with Crippen LogP contribution in [0.15, 0.2) is 24.3 Å². The Balaban J connectivity index is 1.96. The molecule has 2 nitrogen and oxygen atoms in total. The highest BCUT2D eigenvalue weighted by Gasteiger charge is 2.32. The number of aryl methyl sites for hydroxylation is 1. The van der Waals surface area contributed by atoms with E-state index >= 15 is 0 Å². The molecule has 1 aromatic carbocycles. The number of fused-ring (bicyclic) bond motifs is 1. The molecule has 2 aromatic rings. The monoisotopic (exact) mass is 320 g/mol. The van der Waals surface area contributed by atoms with Gasteiger partial charge in [-0.05, 0) is 30.7 Å². The average molecular weight is 321 g/mol. The van der Waals surface area contributed by atoms with Gasteiger partial charge in [0.15, 0.2) is 0 Å². The Morgan fingerprint density at radius 1 is 1.21 bits per heavy atom. The van der Waals surface area contributed by atoms with Gasteiger partial charge in [0.2, 0.25) is 0 Å². The summed E-state index contributed by atoms with van der Waals surface area (Å²) in [5.74, 6) is 0. The highest BCUT2D eigenvalue weighted by atomic mass is 79.9. The van der Waals surface area contributed by atoms with Crippen molar-refractivity contribution < 1.29 is 0 Å². The summed E-state index contributed by atoms with van der Waals surface area (Å²) in [7, 11) is 2.05. The molecule has 1 aliphatic rings. The van der Waals surface area contributed by atoms with Crippen LogP contribution < -0.4 is 0 Å². The number of halogens is 1. The van der Waals surface area contributed by atoms with Crippen molar-refractivity contribution in [2.45, 2.75) is 38.5 Å². The van der Waals surface area contributed by atoms with E-state index in [4.69, 9.17) is 5.10 Å². The Bertz CT molecular complexity index is 567. The lowest BCUT2D eigenvalue weighted by atomic mass is 9.72. The van der Waals surface area contributed by atoms with Crippen molar-refractivity contribution >= 4 is 26.8 Å². The summed E-state index contributed by atoms with van der Waals surface area (Å²) >= 11 is 3.76. The Hall–Kier alpha value is -0.830. The maximum Gasteiger partial charge on any atom is 0.0709 e. The van der Waals surface area contributed by atoms with E-state index in [1.807, 2.05) is 11.7 Å². The van der Waals surface area contributed by atoms with Gasteiger partial charge in [0.25, 0.3) is 0 Å². The zero-order chi connectivity index (χ0) is 13.3. The summed E-state index contributed by atoms with van der Waals surface area (Å²) in [5, 5.41) is 7.20. The van der Waals surface area contributed by atoms with Crippen molar-refractivity contribution in [2.24, 2.45) is 12.5 Å². The Kier molecular flexibility index (Phi) is 3.66. The Morgan fingerprint density at radius 3 is 2.68 bits per heavy atom. The minimum absolute atomic E-state index is 0.426. The first-order valence-electron chi connectivity index (χ1n) is 7.21. The van der Waals surface area contributed by atoms with Gasteiger partial charge in [0.1, 0.15) is 0 Å². The van der Waals surface area contributed by atoms with Gasteiger partial charge in [-0.2, -0.15) is 5.10 Å². The summed E-state index contributed by atoms with van der Waals surface area (Å²) in [6.45, 7) is 0. The van der Waals surface area contributed by atoms with Crippen molar-refractivity contribution in [3.63, 3.8) is 0 Å². The predicted octanol–water partition coefficient (Wildman–Crippen LogP) is 4.46. The molecule has 1 aliphatic carbocycles. The molecule has 1 heterocycles. The standard InChI is InChI=1S/C16H21BrN2/c1-19-15-8-4-3-7-13(15)14(18-19)11-16(12-17)9-5-2-6-10-16/h3-4,7-8H,2,5-6,9-12H2,1H3. The van der Waals surface area contributed by atoms with Gasteiger partial charge in [0, 0.05) is 17.8 Å². The number of nitrogens with zero attached hydrogens (tertiary/aromatic N) is 2. The lowest BCUT2D eigenvalue weighted by Crippen LogP contribution is -2.28. The SMILES string of the molecule is Cn1nc(CC2(CBr)CCCCC2)c2ccccc21. The summed E-state index contributed by atoms with van der Waals surface area (Å²) < 4.78 is 2.02. The molecule has 1 fully saturated rings. The molecular weight excluding hydrogens is 300 g/mol. The maximum atomic E-state index is 4.77. The average Bonchev–Trinajstić information content (AvgIpc) is 2.77. The second-order valence-corrected chi connectivity index (χ2v) is 6.52. The molecule has 3 heteroatoms.